The Bertz CT molecular complexity index is 994. The second-order valence-corrected chi connectivity index (χ2v) is 7.99. The zero-order valence-electron chi connectivity index (χ0n) is 17.6. The molecule has 2 heterocycles. The van der Waals surface area contributed by atoms with Crippen molar-refractivity contribution in [3.63, 3.8) is 0 Å². The quantitative estimate of drug-likeness (QED) is 0.751. The number of carbonyl (C=O) groups is 2. The summed E-state index contributed by atoms with van der Waals surface area (Å²) in [5, 5.41) is 12.8. The number of anilines is 1. The van der Waals surface area contributed by atoms with Gasteiger partial charge in [0.25, 0.3) is 0 Å². The molecule has 0 spiro atoms. The number of nitrogens with one attached hydrogen (secondary N) is 1. The van der Waals surface area contributed by atoms with Gasteiger partial charge < -0.3 is 20.2 Å². The normalized spacial score (nSPS) is 22.1. The molecule has 2 fully saturated rings. The molecule has 6 heteroatoms. The van der Waals surface area contributed by atoms with Crippen molar-refractivity contribution < 1.29 is 14.7 Å². The van der Waals surface area contributed by atoms with Gasteiger partial charge in [-0.2, -0.15) is 0 Å². The fraction of sp³-hybridized carbons (Fsp3) is 0.360. The van der Waals surface area contributed by atoms with Crippen molar-refractivity contribution >= 4 is 17.6 Å². The van der Waals surface area contributed by atoms with Gasteiger partial charge in [-0.1, -0.05) is 49.1 Å². The van der Waals surface area contributed by atoms with Crippen molar-refractivity contribution in [3.8, 4) is 11.8 Å². The van der Waals surface area contributed by atoms with Gasteiger partial charge in [-0.25, -0.2) is 4.79 Å². The fourth-order valence-corrected chi connectivity index (χ4v) is 4.46. The van der Waals surface area contributed by atoms with E-state index in [9.17, 15) is 14.7 Å². The van der Waals surface area contributed by atoms with Crippen LogP contribution in [0.1, 0.15) is 36.8 Å². The van der Waals surface area contributed by atoms with Crippen molar-refractivity contribution in [1.29, 1.82) is 0 Å². The standard InChI is InChI=1S/C25H27N3O3/c1-2-3-5-8-18-11-13-19(14-12-18)24-21-15-27(16-23(30)28(21)22(24)17-29)25(31)26-20-9-6-4-7-10-20/h4,6-7,9-14,21-22,24,29H,2-3,15-17H2,1H3,(H,26,31)/t21-,22-,24-/m1/s1. The Labute approximate surface area is 182 Å². The van der Waals surface area contributed by atoms with E-state index in [1.165, 1.54) is 0 Å². The van der Waals surface area contributed by atoms with Gasteiger partial charge in [-0.05, 0) is 36.2 Å². The van der Waals surface area contributed by atoms with Crippen LogP contribution in [-0.2, 0) is 4.79 Å². The highest BCUT2D eigenvalue weighted by molar-refractivity contribution is 5.93. The number of fused-ring (bicyclic) bond motifs is 1. The van der Waals surface area contributed by atoms with Crippen molar-refractivity contribution in [3.05, 3.63) is 65.7 Å². The fourth-order valence-electron chi connectivity index (χ4n) is 4.46. The zero-order chi connectivity index (χ0) is 21.8. The molecule has 2 aromatic carbocycles. The van der Waals surface area contributed by atoms with Crippen LogP contribution in [-0.4, -0.2) is 58.6 Å². The summed E-state index contributed by atoms with van der Waals surface area (Å²) in [5.74, 6) is 6.16. The number of rotatable bonds is 4. The molecule has 3 atom stereocenters. The smallest absolute Gasteiger partial charge is 0.322 e. The number of aliphatic hydroxyl groups excluding tert-OH is 1. The average molecular weight is 418 g/mol. The van der Waals surface area contributed by atoms with Gasteiger partial charge in [0, 0.05) is 30.1 Å². The van der Waals surface area contributed by atoms with E-state index in [4.69, 9.17) is 0 Å². The molecule has 2 saturated heterocycles. The third kappa shape index (κ3) is 4.28. The third-order valence-electron chi connectivity index (χ3n) is 5.97. The predicted molar refractivity (Wildman–Crippen MR) is 120 cm³/mol. The van der Waals surface area contributed by atoms with Gasteiger partial charge in [0.05, 0.1) is 18.7 Å². The summed E-state index contributed by atoms with van der Waals surface area (Å²) < 4.78 is 0. The molecule has 2 aromatic rings. The van der Waals surface area contributed by atoms with Crippen molar-refractivity contribution in [2.24, 2.45) is 0 Å². The molecular weight excluding hydrogens is 390 g/mol. The van der Waals surface area contributed by atoms with Gasteiger partial charge >= 0.3 is 6.03 Å². The summed E-state index contributed by atoms with van der Waals surface area (Å²) in [6.45, 7) is 2.46. The van der Waals surface area contributed by atoms with E-state index >= 15 is 0 Å². The average Bonchev–Trinajstić information content (AvgIpc) is 2.77. The minimum Gasteiger partial charge on any atom is -0.394 e. The number of urea groups is 1. The number of unbranched alkanes of at least 4 members (excludes halogenated alkanes) is 1. The van der Waals surface area contributed by atoms with Crippen molar-refractivity contribution in [2.75, 3.05) is 25.0 Å². The highest BCUT2D eigenvalue weighted by Gasteiger charge is 2.54. The summed E-state index contributed by atoms with van der Waals surface area (Å²) in [5.41, 5.74) is 2.71. The number of hydrogen-bond acceptors (Lipinski definition) is 3. The Kier molecular flexibility index (Phi) is 6.24. The molecule has 0 aromatic heterocycles. The van der Waals surface area contributed by atoms with Crippen molar-refractivity contribution in [2.45, 2.75) is 37.8 Å². The molecule has 0 radical (unpaired) electrons. The molecule has 2 N–H and O–H groups in total. The van der Waals surface area contributed by atoms with Crippen LogP contribution in [0.15, 0.2) is 54.6 Å². The predicted octanol–water partition coefficient (Wildman–Crippen LogP) is 3.04. The van der Waals surface area contributed by atoms with Crippen LogP contribution in [0, 0.1) is 11.8 Å². The number of amides is 3. The van der Waals surface area contributed by atoms with Crippen LogP contribution in [0.5, 0.6) is 0 Å². The second kappa shape index (κ2) is 9.23. The van der Waals surface area contributed by atoms with E-state index in [0.29, 0.717) is 12.2 Å². The Morgan fingerprint density at radius 2 is 1.90 bits per heavy atom. The summed E-state index contributed by atoms with van der Waals surface area (Å²) in [7, 11) is 0. The number of piperazine rings is 1. The lowest BCUT2D eigenvalue weighted by Gasteiger charge is -2.58. The van der Waals surface area contributed by atoms with Crippen molar-refractivity contribution in [1.82, 2.24) is 9.80 Å². The number of benzene rings is 2. The topological polar surface area (TPSA) is 72.9 Å². The largest absolute Gasteiger partial charge is 0.394 e. The van der Waals surface area contributed by atoms with Crippen LogP contribution >= 0.6 is 0 Å². The number of aliphatic hydroxyl groups is 1. The molecule has 160 valence electrons. The maximum absolute atomic E-state index is 12.7. The van der Waals surface area contributed by atoms with E-state index in [1.54, 1.807) is 9.80 Å². The number of nitrogens with zero attached hydrogens (tertiary/aromatic N) is 2. The van der Waals surface area contributed by atoms with Gasteiger partial charge in [-0.15, -0.1) is 0 Å². The lowest BCUT2D eigenvalue weighted by Crippen LogP contribution is -2.73. The molecule has 2 aliphatic rings. The third-order valence-corrected chi connectivity index (χ3v) is 5.97. The summed E-state index contributed by atoms with van der Waals surface area (Å²) >= 11 is 0. The molecule has 3 amide bonds. The van der Waals surface area contributed by atoms with Gasteiger partial charge in [0.2, 0.25) is 5.91 Å². The molecule has 4 rings (SSSR count). The number of para-hydroxylation sites is 1. The van der Waals surface area contributed by atoms with Gasteiger partial charge in [0.15, 0.2) is 0 Å². The lowest BCUT2D eigenvalue weighted by molar-refractivity contribution is -0.159. The maximum Gasteiger partial charge on any atom is 0.322 e. The van der Waals surface area contributed by atoms with Gasteiger partial charge in [0.1, 0.15) is 6.54 Å². The highest BCUT2D eigenvalue weighted by Crippen LogP contribution is 2.42. The molecular formula is C25H27N3O3. The monoisotopic (exact) mass is 417 g/mol. The van der Waals surface area contributed by atoms with E-state index in [0.717, 1.165) is 24.0 Å². The minimum atomic E-state index is -0.285. The Morgan fingerprint density at radius 1 is 1.16 bits per heavy atom. The number of hydrogen-bond donors (Lipinski definition) is 2. The van der Waals surface area contributed by atoms with E-state index < -0.39 is 0 Å². The molecule has 0 bridgehead atoms. The van der Waals surface area contributed by atoms with E-state index in [2.05, 4.69) is 24.1 Å². The van der Waals surface area contributed by atoms with Crippen LogP contribution in [0.25, 0.3) is 0 Å². The van der Waals surface area contributed by atoms with Crippen LogP contribution in [0.3, 0.4) is 0 Å². The lowest BCUT2D eigenvalue weighted by atomic mass is 9.73. The SMILES string of the molecule is CCCC#Cc1ccc([C@H]2[C@@H](CO)N3C(=O)CN(C(=O)Nc4ccccc4)C[C@H]23)cc1. The number of carbonyl (C=O) groups excluding carboxylic acids is 2. The summed E-state index contributed by atoms with van der Waals surface area (Å²) in [6.07, 6.45) is 1.90. The maximum atomic E-state index is 12.7. The second-order valence-electron chi connectivity index (χ2n) is 7.99. The molecule has 0 saturated carbocycles. The Morgan fingerprint density at radius 3 is 2.58 bits per heavy atom. The first-order chi connectivity index (χ1) is 15.1. The first kappa shape index (κ1) is 21.0. The van der Waals surface area contributed by atoms with E-state index in [1.807, 2.05) is 54.6 Å². The zero-order valence-corrected chi connectivity index (χ0v) is 17.6. The van der Waals surface area contributed by atoms with Crippen LogP contribution in [0.2, 0.25) is 0 Å². The van der Waals surface area contributed by atoms with E-state index in [-0.39, 0.29) is 43.1 Å². The highest BCUT2D eigenvalue weighted by atomic mass is 16.3. The first-order valence-corrected chi connectivity index (χ1v) is 10.7. The van der Waals surface area contributed by atoms with Gasteiger partial charge in [-0.3, -0.25) is 4.79 Å². The minimum absolute atomic E-state index is 0.0149. The van der Waals surface area contributed by atoms with Crippen LogP contribution < -0.4 is 5.32 Å². The molecule has 0 aliphatic carbocycles. The molecule has 6 nitrogen and oxygen atoms in total. The summed E-state index contributed by atoms with van der Waals surface area (Å²) in [4.78, 5) is 28.8. The molecule has 2 aliphatic heterocycles. The molecule has 31 heavy (non-hydrogen) atoms. The Balaban J connectivity index is 1.49. The van der Waals surface area contributed by atoms with Crippen LogP contribution in [0.4, 0.5) is 10.5 Å². The Hall–Kier alpha value is -3.30. The summed E-state index contributed by atoms with van der Waals surface area (Å²) in [6, 6.07) is 16.5. The molecule has 0 unspecified atom stereocenters. The first-order valence-electron chi connectivity index (χ1n) is 10.7.